The van der Waals surface area contributed by atoms with Crippen molar-refractivity contribution in [3.63, 3.8) is 0 Å². The summed E-state index contributed by atoms with van der Waals surface area (Å²) >= 11 is 9.23. The number of hydrogen-bond donors (Lipinski definition) is 1. The fourth-order valence-electron chi connectivity index (χ4n) is 1.41. The molecule has 0 aliphatic heterocycles. The maximum absolute atomic E-state index is 9.20. The van der Waals surface area contributed by atoms with E-state index in [0.717, 1.165) is 10.0 Å². The molecule has 0 fully saturated rings. The van der Waals surface area contributed by atoms with Crippen molar-refractivity contribution in [1.82, 2.24) is 0 Å². The van der Waals surface area contributed by atoms with Crippen molar-refractivity contribution in [3.05, 3.63) is 57.5 Å². The molecule has 0 radical (unpaired) electrons. The molecule has 2 aromatic rings. The minimum Gasteiger partial charge on any atom is -0.456 e. The Hall–Kier alpha value is -1.03. The molecule has 2 nitrogen and oxygen atoms in total. The first-order valence-corrected chi connectivity index (χ1v) is 6.19. The molecule has 0 amide bonds. The van der Waals surface area contributed by atoms with Gasteiger partial charge in [0.2, 0.25) is 0 Å². The fourth-order valence-corrected chi connectivity index (χ4v) is 2.17. The Labute approximate surface area is 113 Å². The van der Waals surface area contributed by atoms with Crippen LogP contribution in [0.15, 0.2) is 46.9 Å². The Morgan fingerprint density at radius 2 is 1.88 bits per heavy atom. The molecule has 0 unspecified atom stereocenters. The molecule has 0 saturated heterocycles. The average molecular weight is 314 g/mol. The van der Waals surface area contributed by atoms with Crippen LogP contribution in [0.25, 0.3) is 0 Å². The molecule has 88 valence electrons. The molecule has 1 N–H and O–H groups in total. The van der Waals surface area contributed by atoms with Gasteiger partial charge in [-0.2, -0.15) is 0 Å². The summed E-state index contributed by atoms with van der Waals surface area (Å²) in [6.07, 6.45) is 0. The minimum absolute atomic E-state index is 0.0542. The van der Waals surface area contributed by atoms with Gasteiger partial charge in [-0.05, 0) is 40.2 Å². The predicted molar refractivity (Wildman–Crippen MR) is 71.6 cm³/mol. The number of rotatable bonds is 3. The lowest BCUT2D eigenvalue weighted by Gasteiger charge is -2.10. The molecule has 0 aliphatic rings. The third kappa shape index (κ3) is 3.00. The van der Waals surface area contributed by atoms with Gasteiger partial charge in [-0.1, -0.05) is 29.8 Å². The van der Waals surface area contributed by atoms with Crippen LogP contribution in [0.2, 0.25) is 5.02 Å². The van der Waals surface area contributed by atoms with Crippen LogP contribution >= 0.6 is 27.5 Å². The van der Waals surface area contributed by atoms with Crippen LogP contribution in [0.5, 0.6) is 11.5 Å². The Morgan fingerprint density at radius 3 is 2.59 bits per heavy atom. The Kier molecular flexibility index (Phi) is 4.05. The molecule has 0 heterocycles. The number of ether oxygens (including phenoxy) is 1. The van der Waals surface area contributed by atoms with E-state index in [4.69, 9.17) is 16.3 Å². The molecule has 0 spiro atoms. The predicted octanol–water partition coefficient (Wildman–Crippen LogP) is 4.39. The second-order valence-electron chi connectivity index (χ2n) is 3.44. The summed E-state index contributed by atoms with van der Waals surface area (Å²) in [4.78, 5) is 0. The highest BCUT2D eigenvalue weighted by atomic mass is 79.9. The first-order chi connectivity index (χ1) is 8.20. The lowest BCUT2D eigenvalue weighted by Crippen LogP contribution is -1.91. The summed E-state index contributed by atoms with van der Waals surface area (Å²) in [5.74, 6) is 1.30. The summed E-state index contributed by atoms with van der Waals surface area (Å²) in [6, 6.07) is 12.6. The third-order valence-corrected chi connectivity index (χ3v) is 3.11. The molecule has 2 rings (SSSR count). The second-order valence-corrected chi connectivity index (χ2v) is 4.73. The lowest BCUT2D eigenvalue weighted by molar-refractivity contribution is 0.276. The number of aliphatic hydroxyl groups excluding tert-OH is 1. The van der Waals surface area contributed by atoms with Gasteiger partial charge in [-0.15, -0.1) is 0 Å². The van der Waals surface area contributed by atoms with E-state index in [1.165, 1.54) is 0 Å². The van der Waals surface area contributed by atoms with E-state index in [9.17, 15) is 5.11 Å². The van der Waals surface area contributed by atoms with Crippen molar-refractivity contribution in [2.75, 3.05) is 0 Å². The Bertz CT molecular complexity index is 529. The summed E-state index contributed by atoms with van der Waals surface area (Å²) in [6.45, 7) is -0.0542. The Balaban J connectivity index is 2.31. The quantitative estimate of drug-likeness (QED) is 0.911. The van der Waals surface area contributed by atoms with Crippen LogP contribution in [-0.4, -0.2) is 5.11 Å². The smallest absolute Gasteiger partial charge is 0.141 e. The molecular formula is C13H10BrClO2. The Morgan fingerprint density at radius 1 is 1.12 bits per heavy atom. The van der Waals surface area contributed by atoms with Crippen LogP contribution in [0.1, 0.15) is 5.56 Å². The van der Waals surface area contributed by atoms with Crippen LogP contribution in [0, 0.1) is 0 Å². The molecule has 17 heavy (non-hydrogen) atoms. The van der Waals surface area contributed by atoms with Gasteiger partial charge in [0.25, 0.3) is 0 Å². The number of halogens is 2. The number of para-hydroxylation sites is 1. The molecule has 4 heteroatoms. The highest BCUT2D eigenvalue weighted by Crippen LogP contribution is 2.33. The van der Waals surface area contributed by atoms with E-state index in [1.807, 2.05) is 24.3 Å². The van der Waals surface area contributed by atoms with Crippen molar-refractivity contribution in [2.24, 2.45) is 0 Å². The maximum atomic E-state index is 9.20. The molecule has 0 saturated carbocycles. The summed E-state index contributed by atoms with van der Waals surface area (Å²) in [5.41, 5.74) is 0.745. The van der Waals surface area contributed by atoms with Crippen LogP contribution in [-0.2, 0) is 6.61 Å². The van der Waals surface area contributed by atoms with Crippen molar-refractivity contribution < 1.29 is 9.84 Å². The van der Waals surface area contributed by atoms with Crippen LogP contribution in [0.4, 0.5) is 0 Å². The zero-order valence-corrected chi connectivity index (χ0v) is 11.2. The van der Waals surface area contributed by atoms with E-state index in [1.54, 1.807) is 18.2 Å². The van der Waals surface area contributed by atoms with E-state index < -0.39 is 0 Å². The number of benzene rings is 2. The number of hydrogen-bond acceptors (Lipinski definition) is 2. The number of aliphatic hydroxyl groups is 1. The highest BCUT2D eigenvalue weighted by molar-refractivity contribution is 9.10. The van der Waals surface area contributed by atoms with Gasteiger partial charge in [-0.25, -0.2) is 0 Å². The molecule has 0 atom stereocenters. The summed E-state index contributed by atoms with van der Waals surface area (Å²) < 4.78 is 6.50. The zero-order chi connectivity index (χ0) is 12.3. The van der Waals surface area contributed by atoms with Gasteiger partial charge in [0.1, 0.15) is 11.5 Å². The van der Waals surface area contributed by atoms with Crippen molar-refractivity contribution >= 4 is 27.5 Å². The van der Waals surface area contributed by atoms with Crippen LogP contribution in [0.3, 0.4) is 0 Å². The monoisotopic (exact) mass is 312 g/mol. The normalized spacial score (nSPS) is 10.3. The topological polar surface area (TPSA) is 29.5 Å². The van der Waals surface area contributed by atoms with Gasteiger partial charge in [0.05, 0.1) is 11.1 Å². The van der Waals surface area contributed by atoms with Crippen molar-refractivity contribution in [2.45, 2.75) is 6.61 Å². The third-order valence-electron chi connectivity index (χ3n) is 2.26. The van der Waals surface area contributed by atoms with Crippen LogP contribution < -0.4 is 4.74 Å². The van der Waals surface area contributed by atoms with Gasteiger partial charge in [0.15, 0.2) is 0 Å². The summed E-state index contributed by atoms with van der Waals surface area (Å²) in [5, 5.41) is 9.84. The molecule has 2 aromatic carbocycles. The molecule has 0 aliphatic carbocycles. The maximum Gasteiger partial charge on any atom is 0.141 e. The zero-order valence-electron chi connectivity index (χ0n) is 8.86. The van der Waals surface area contributed by atoms with Crippen molar-refractivity contribution in [3.8, 4) is 11.5 Å². The van der Waals surface area contributed by atoms with Gasteiger partial charge in [-0.3, -0.25) is 0 Å². The van der Waals surface area contributed by atoms with Gasteiger partial charge < -0.3 is 9.84 Å². The van der Waals surface area contributed by atoms with E-state index in [0.29, 0.717) is 16.5 Å². The van der Waals surface area contributed by atoms with E-state index in [2.05, 4.69) is 15.9 Å². The lowest BCUT2D eigenvalue weighted by atomic mass is 10.2. The second kappa shape index (κ2) is 5.54. The molecule has 0 aromatic heterocycles. The van der Waals surface area contributed by atoms with Crippen molar-refractivity contribution in [1.29, 1.82) is 0 Å². The largest absolute Gasteiger partial charge is 0.456 e. The standard InChI is InChI=1S/C13H10BrClO2/c14-11-7-10(15)5-6-13(11)17-12-4-2-1-3-9(12)8-16/h1-7,16H,8H2. The molecule has 0 bridgehead atoms. The SMILES string of the molecule is OCc1ccccc1Oc1ccc(Cl)cc1Br. The molecular weight excluding hydrogens is 303 g/mol. The summed E-state index contributed by atoms with van der Waals surface area (Å²) in [7, 11) is 0. The minimum atomic E-state index is -0.0542. The average Bonchev–Trinajstić information content (AvgIpc) is 2.33. The van der Waals surface area contributed by atoms with Gasteiger partial charge >= 0.3 is 0 Å². The first-order valence-electron chi connectivity index (χ1n) is 5.02. The van der Waals surface area contributed by atoms with Gasteiger partial charge in [0, 0.05) is 10.6 Å². The van der Waals surface area contributed by atoms with E-state index >= 15 is 0 Å². The first kappa shape index (κ1) is 12.4. The van der Waals surface area contributed by atoms with E-state index in [-0.39, 0.29) is 6.61 Å². The fraction of sp³-hybridized carbons (Fsp3) is 0.0769. The highest BCUT2D eigenvalue weighted by Gasteiger charge is 2.06.